The number of carbonyl (C=O) groups is 1. The van der Waals surface area contributed by atoms with E-state index in [9.17, 15) is 22.4 Å². The Morgan fingerprint density at radius 1 is 1.00 bits per heavy atom. The van der Waals surface area contributed by atoms with Crippen molar-refractivity contribution in [1.29, 1.82) is 0 Å². The first-order valence-electron chi connectivity index (χ1n) is 5.65. The lowest BCUT2D eigenvalue weighted by atomic mass is 10.2. The molecule has 7 heteroatoms. The van der Waals surface area contributed by atoms with Crippen molar-refractivity contribution in [2.24, 2.45) is 0 Å². The quantitative estimate of drug-likeness (QED) is 0.858. The van der Waals surface area contributed by atoms with Crippen LogP contribution in [0.5, 0.6) is 11.5 Å². The highest BCUT2D eigenvalue weighted by atomic mass is 19.4. The summed E-state index contributed by atoms with van der Waals surface area (Å²) in [5, 5.41) is 8.67. The Labute approximate surface area is 116 Å². The molecule has 2 aromatic rings. The van der Waals surface area contributed by atoms with Gasteiger partial charge in [0.15, 0.2) is 0 Å². The van der Waals surface area contributed by atoms with Gasteiger partial charge >= 0.3 is 12.1 Å². The van der Waals surface area contributed by atoms with Crippen molar-refractivity contribution < 1.29 is 32.2 Å². The maximum Gasteiger partial charge on any atom is 0.416 e. The van der Waals surface area contributed by atoms with Crippen LogP contribution in [0.2, 0.25) is 0 Å². The zero-order valence-electron chi connectivity index (χ0n) is 10.3. The molecule has 0 aromatic heterocycles. The standard InChI is InChI=1S/C14H8F4O3/c15-12-7-10(5-6-11(12)13(19)20)21-9-3-1-8(2-4-9)14(16,17)18/h1-7H,(H,19,20). The first-order chi connectivity index (χ1) is 9.77. The Kier molecular flexibility index (Phi) is 3.84. The van der Waals surface area contributed by atoms with Gasteiger partial charge in [-0.3, -0.25) is 0 Å². The Hall–Kier alpha value is -2.57. The molecule has 0 atom stereocenters. The van der Waals surface area contributed by atoms with E-state index in [2.05, 4.69) is 0 Å². The van der Waals surface area contributed by atoms with Gasteiger partial charge in [-0.05, 0) is 36.4 Å². The van der Waals surface area contributed by atoms with Gasteiger partial charge in [-0.1, -0.05) is 0 Å². The van der Waals surface area contributed by atoms with Crippen LogP contribution in [0, 0.1) is 5.82 Å². The van der Waals surface area contributed by atoms with Gasteiger partial charge in [0.2, 0.25) is 0 Å². The zero-order chi connectivity index (χ0) is 15.6. The maximum atomic E-state index is 13.4. The fraction of sp³-hybridized carbons (Fsp3) is 0.0714. The summed E-state index contributed by atoms with van der Waals surface area (Å²) in [6, 6.07) is 6.91. The summed E-state index contributed by atoms with van der Waals surface area (Å²) in [5.41, 5.74) is -1.35. The summed E-state index contributed by atoms with van der Waals surface area (Å²) < 4.78 is 55.7. The van der Waals surface area contributed by atoms with Crippen molar-refractivity contribution in [3.8, 4) is 11.5 Å². The van der Waals surface area contributed by atoms with E-state index in [0.717, 1.165) is 36.4 Å². The molecule has 0 bridgehead atoms. The first kappa shape index (κ1) is 14.8. The van der Waals surface area contributed by atoms with Crippen LogP contribution in [-0.4, -0.2) is 11.1 Å². The van der Waals surface area contributed by atoms with Gasteiger partial charge in [0.25, 0.3) is 0 Å². The molecule has 0 spiro atoms. The number of alkyl halides is 3. The highest BCUT2D eigenvalue weighted by molar-refractivity contribution is 5.88. The number of rotatable bonds is 3. The highest BCUT2D eigenvalue weighted by Gasteiger charge is 2.30. The number of hydrogen-bond donors (Lipinski definition) is 1. The molecule has 1 N–H and O–H groups in total. The second kappa shape index (κ2) is 5.43. The van der Waals surface area contributed by atoms with Crippen molar-refractivity contribution in [1.82, 2.24) is 0 Å². The summed E-state index contributed by atoms with van der Waals surface area (Å²) in [4.78, 5) is 10.6. The maximum absolute atomic E-state index is 13.4. The Morgan fingerprint density at radius 2 is 1.57 bits per heavy atom. The van der Waals surface area contributed by atoms with Crippen LogP contribution >= 0.6 is 0 Å². The van der Waals surface area contributed by atoms with Crippen LogP contribution in [0.4, 0.5) is 17.6 Å². The number of halogens is 4. The van der Waals surface area contributed by atoms with Crippen LogP contribution in [-0.2, 0) is 6.18 Å². The molecule has 0 saturated heterocycles. The largest absolute Gasteiger partial charge is 0.478 e. The SMILES string of the molecule is O=C(O)c1ccc(Oc2ccc(C(F)(F)F)cc2)cc1F. The minimum Gasteiger partial charge on any atom is -0.478 e. The molecule has 0 amide bonds. The lowest BCUT2D eigenvalue weighted by Gasteiger charge is -2.09. The van der Waals surface area contributed by atoms with E-state index in [1.165, 1.54) is 6.07 Å². The van der Waals surface area contributed by atoms with E-state index in [1.807, 2.05) is 0 Å². The van der Waals surface area contributed by atoms with Gasteiger partial charge in [0.1, 0.15) is 17.3 Å². The molecule has 0 aliphatic carbocycles. The molecule has 21 heavy (non-hydrogen) atoms. The molecule has 0 unspecified atom stereocenters. The smallest absolute Gasteiger partial charge is 0.416 e. The molecular weight excluding hydrogens is 292 g/mol. The second-order valence-electron chi connectivity index (χ2n) is 4.07. The average molecular weight is 300 g/mol. The van der Waals surface area contributed by atoms with Crippen molar-refractivity contribution in [3.05, 3.63) is 59.4 Å². The van der Waals surface area contributed by atoms with E-state index in [4.69, 9.17) is 9.84 Å². The molecule has 0 heterocycles. The predicted octanol–water partition coefficient (Wildman–Crippen LogP) is 4.34. The minimum atomic E-state index is -4.45. The lowest BCUT2D eigenvalue weighted by molar-refractivity contribution is -0.137. The van der Waals surface area contributed by atoms with Crippen molar-refractivity contribution in [2.45, 2.75) is 6.18 Å². The Balaban J connectivity index is 2.19. The fourth-order valence-electron chi connectivity index (χ4n) is 1.58. The molecular formula is C14H8F4O3. The van der Waals surface area contributed by atoms with E-state index >= 15 is 0 Å². The molecule has 2 rings (SSSR count). The minimum absolute atomic E-state index is 0.0164. The lowest BCUT2D eigenvalue weighted by Crippen LogP contribution is -2.04. The van der Waals surface area contributed by atoms with Gasteiger partial charge < -0.3 is 9.84 Å². The summed E-state index contributed by atoms with van der Waals surface area (Å²) in [6.07, 6.45) is -4.45. The topological polar surface area (TPSA) is 46.5 Å². The number of aromatic carboxylic acids is 1. The molecule has 0 aliphatic rings. The van der Waals surface area contributed by atoms with E-state index < -0.39 is 29.1 Å². The van der Waals surface area contributed by atoms with Gasteiger partial charge in [-0.15, -0.1) is 0 Å². The third-order valence-electron chi connectivity index (χ3n) is 2.59. The van der Waals surface area contributed by atoms with Crippen LogP contribution in [0.15, 0.2) is 42.5 Å². The molecule has 110 valence electrons. The second-order valence-corrected chi connectivity index (χ2v) is 4.07. The number of benzene rings is 2. The molecule has 2 aromatic carbocycles. The van der Waals surface area contributed by atoms with Gasteiger partial charge in [-0.25, -0.2) is 9.18 Å². The van der Waals surface area contributed by atoms with Gasteiger partial charge in [0.05, 0.1) is 11.1 Å². The third-order valence-corrected chi connectivity index (χ3v) is 2.59. The molecule has 0 fully saturated rings. The molecule has 0 aliphatic heterocycles. The van der Waals surface area contributed by atoms with Crippen LogP contribution < -0.4 is 4.74 Å². The van der Waals surface area contributed by atoms with Gasteiger partial charge in [0, 0.05) is 6.07 Å². The zero-order valence-corrected chi connectivity index (χ0v) is 10.3. The third kappa shape index (κ3) is 3.50. The number of carboxylic acid groups (broad SMARTS) is 1. The fourth-order valence-corrected chi connectivity index (χ4v) is 1.58. The van der Waals surface area contributed by atoms with Crippen LogP contribution in [0.25, 0.3) is 0 Å². The van der Waals surface area contributed by atoms with Crippen LogP contribution in [0.1, 0.15) is 15.9 Å². The van der Waals surface area contributed by atoms with Gasteiger partial charge in [-0.2, -0.15) is 13.2 Å². The average Bonchev–Trinajstić information content (AvgIpc) is 2.38. The number of ether oxygens (including phenoxy) is 1. The number of carboxylic acids is 1. The molecule has 3 nitrogen and oxygen atoms in total. The molecule has 0 saturated carbocycles. The molecule has 0 radical (unpaired) electrons. The van der Waals surface area contributed by atoms with Crippen LogP contribution in [0.3, 0.4) is 0 Å². The number of hydrogen-bond acceptors (Lipinski definition) is 2. The van der Waals surface area contributed by atoms with Crippen molar-refractivity contribution in [2.75, 3.05) is 0 Å². The summed E-state index contributed by atoms with van der Waals surface area (Å²) in [5.74, 6) is -2.36. The first-order valence-corrected chi connectivity index (χ1v) is 5.65. The Morgan fingerprint density at radius 3 is 2.05 bits per heavy atom. The normalized spacial score (nSPS) is 11.2. The summed E-state index contributed by atoms with van der Waals surface area (Å²) in [6.45, 7) is 0. The van der Waals surface area contributed by atoms with E-state index in [0.29, 0.717) is 0 Å². The highest BCUT2D eigenvalue weighted by Crippen LogP contribution is 2.31. The monoisotopic (exact) mass is 300 g/mol. The van der Waals surface area contributed by atoms with E-state index in [1.54, 1.807) is 0 Å². The Bertz CT molecular complexity index is 663. The summed E-state index contributed by atoms with van der Waals surface area (Å²) >= 11 is 0. The predicted molar refractivity (Wildman–Crippen MR) is 64.9 cm³/mol. The van der Waals surface area contributed by atoms with Crippen molar-refractivity contribution in [3.63, 3.8) is 0 Å². The van der Waals surface area contributed by atoms with E-state index in [-0.39, 0.29) is 11.5 Å². The summed E-state index contributed by atoms with van der Waals surface area (Å²) in [7, 11) is 0. The van der Waals surface area contributed by atoms with Crippen molar-refractivity contribution >= 4 is 5.97 Å².